The van der Waals surface area contributed by atoms with Gasteiger partial charge in [-0.25, -0.2) is 0 Å². The van der Waals surface area contributed by atoms with Crippen LogP contribution in [0.15, 0.2) is 0 Å². The highest BCUT2D eigenvalue weighted by Gasteiger charge is 2.24. The maximum atomic E-state index is 12.1. The van der Waals surface area contributed by atoms with Gasteiger partial charge in [-0.2, -0.15) is 0 Å². The van der Waals surface area contributed by atoms with Gasteiger partial charge in [-0.1, -0.05) is 0 Å². The summed E-state index contributed by atoms with van der Waals surface area (Å²) in [6.45, 7) is 9.24. The minimum atomic E-state index is -3.18. The third-order valence-corrected chi connectivity index (χ3v) is 6.15. The highest BCUT2D eigenvalue weighted by atomic mass is 31.2. The highest BCUT2D eigenvalue weighted by Crippen LogP contribution is 2.48. The first kappa shape index (κ1) is 25.2. The van der Waals surface area contributed by atoms with Crippen LogP contribution in [-0.2, 0) is 41.4 Å². The van der Waals surface area contributed by atoms with Crippen LogP contribution in [0.1, 0.15) is 27.7 Å². The SMILES string of the molecule is CCOP(=O)(COCCOCCOCP(=O)(OCC)OCC)OCC. The van der Waals surface area contributed by atoms with Crippen molar-refractivity contribution in [3.05, 3.63) is 0 Å². The zero-order chi connectivity index (χ0) is 19.0. The van der Waals surface area contributed by atoms with Crippen LogP contribution in [0, 0.1) is 0 Å². The maximum absolute atomic E-state index is 12.1. The lowest BCUT2D eigenvalue weighted by Gasteiger charge is -2.17. The van der Waals surface area contributed by atoms with Gasteiger partial charge in [0.1, 0.15) is 12.7 Å². The van der Waals surface area contributed by atoms with Crippen LogP contribution in [0.2, 0.25) is 0 Å². The highest BCUT2D eigenvalue weighted by molar-refractivity contribution is 7.53. The van der Waals surface area contributed by atoms with Gasteiger partial charge >= 0.3 is 15.2 Å². The fraction of sp³-hybridized carbons (Fsp3) is 1.00. The first-order valence-corrected chi connectivity index (χ1v) is 11.9. The Kier molecular flexibility index (Phi) is 15.4. The van der Waals surface area contributed by atoms with E-state index >= 15 is 0 Å². The van der Waals surface area contributed by atoms with Crippen molar-refractivity contribution in [3.63, 3.8) is 0 Å². The van der Waals surface area contributed by atoms with Crippen molar-refractivity contribution in [2.75, 3.05) is 65.6 Å². The largest absolute Gasteiger partial charge is 0.377 e. The van der Waals surface area contributed by atoms with E-state index in [0.29, 0.717) is 39.6 Å². The lowest BCUT2D eigenvalue weighted by Crippen LogP contribution is -2.12. The molecule has 25 heavy (non-hydrogen) atoms. The molecule has 0 saturated carbocycles. The lowest BCUT2D eigenvalue weighted by atomic mass is 10.7. The molecule has 0 radical (unpaired) electrons. The molecular formula is C14H32O9P2. The molecule has 0 N–H and O–H groups in total. The standard InChI is InChI=1S/C14H32O9P2/c1-5-20-24(15,21-6-2)13-18-11-9-17-10-12-19-14-25(16,22-7-3)23-8-4/h5-14H2,1-4H3. The van der Waals surface area contributed by atoms with Gasteiger partial charge in [0, 0.05) is 0 Å². The molecule has 0 aromatic rings. The lowest BCUT2D eigenvalue weighted by molar-refractivity contribution is 0.0234. The zero-order valence-corrected chi connectivity index (χ0v) is 17.4. The van der Waals surface area contributed by atoms with Crippen LogP contribution in [0.3, 0.4) is 0 Å². The van der Waals surface area contributed by atoms with Gasteiger partial charge in [0.2, 0.25) is 0 Å². The number of hydrogen-bond acceptors (Lipinski definition) is 9. The zero-order valence-electron chi connectivity index (χ0n) is 15.6. The molecule has 152 valence electrons. The minimum absolute atomic E-state index is 0.111. The molecule has 0 bridgehead atoms. The summed E-state index contributed by atoms with van der Waals surface area (Å²) >= 11 is 0. The molecule has 0 atom stereocenters. The molecule has 9 nitrogen and oxygen atoms in total. The maximum Gasteiger partial charge on any atom is 0.356 e. The first-order chi connectivity index (χ1) is 11.9. The predicted molar refractivity (Wildman–Crippen MR) is 94.2 cm³/mol. The van der Waals surface area contributed by atoms with Crippen molar-refractivity contribution in [2.45, 2.75) is 27.7 Å². The Hall–Kier alpha value is 0.180. The first-order valence-electron chi connectivity index (χ1n) is 8.44. The van der Waals surface area contributed by atoms with Gasteiger partial charge < -0.3 is 32.3 Å². The third kappa shape index (κ3) is 13.1. The Bertz CT molecular complexity index is 350. The minimum Gasteiger partial charge on any atom is -0.377 e. The van der Waals surface area contributed by atoms with Crippen molar-refractivity contribution in [3.8, 4) is 0 Å². The molecule has 0 aliphatic carbocycles. The molecular weight excluding hydrogens is 374 g/mol. The van der Waals surface area contributed by atoms with E-state index < -0.39 is 15.2 Å². The van der Waals surface area contributed by atoms with Gasteiger partial charge in [0.25, 0.3) is 0 Å². The molecule has 0 aromatic carbocycles. The van der Waals surface area contributed by atoms with E-state index in [1.807, 2.05) is 0 Å². The van der Waals surface area contributed by atoms with E-state index in [1.54, 1.807) is 27.7 Å². The van der Waals surface area contributed by atoms with Crippen LogP contribution in [-0.4, -0.2) is 65.6 Å². The Labute approximate surface area is 150 Å². The molecule has 0 fully saturated rings. The van der Waals surface area contributed by atoms with E-state index in [1.165, 1.54) is 0 Å². The summed E-state index contributed by atoms with van der Waals surface area (Å²) in [7, 11) is -6.36. The second kappa shape index (κ2) is 15.3. The van der Waals surface area contributed by atoms with Gasteiger partial charge in [-0.05, 0) is 27.7 Å². The average Bonchev–Trinajstić information content (AvgIpc) is 2.54. The van der Waals surface area contributed by atoms with Gasteiger partial charge in [0.15, 0.2) is 0 Å². The summed E-state index contributed by atoms with van der Waals surface area (Å²) < 4.78 is 60.4. The van der Waals surface area contributed by atoms with Crippen molar-refractivity contribution in [1.29, 1.82) is 0 Å². The van der Waals surface area contributed by atoms with Crippen LogP contribution in [0.25, 0.3) is 0 Å². The summed E-state index contributed by atoms with van der Waals surface area (Å²) in [5.74, 6) is 0. The van der Waals surface area contributed by atoms with Gasteiger partial charge in [-0.15, -0.1) is 0 Å². The molecule has 0 aliphatic heterocycles. The van der Waals surface area contributed by atoms with Crippen LogP contribution >= 0.6 is 15.2 Å². The predicted octanol–water partition coefficient (Wildman–Crippen LogP) is 3.48. The molecule has 0 saturated heterocycles. The molecule has 0 unspecified atom stereocenters. The molecule has 0 spiro atoms. The van der Waals surface area contributed by atoms with Crippen molar-refractivity contribution in [1.82, 2.24) is 0 Å². The second-order valence-corrected chi connectivity index (χ2v) is 8.57. The second-order valence-electron chi connectivity index (χ2n) is 4.58. The Morgan fingerprint density at radius 1 is 0.520 bits per heavy atom. The van der Waals surface area contributed by atoms with Crippen molar-refractivity contribution >= 4 is 15.2 Å². The Morgan fingerprint density at radius 3 is 1.08 bits per heavy atom. The summed E-state index contributed by atoms with van der Waals surface area (Å²) in [4.78, 5) is 0. The summed E-state index contributed by atoms with van der Waals surface area (Å²) in [6.07, 6.45) is -0.221. The smallest absolute Gasteiger partial charge is 0.356 e. The fourth-order valence-electron chi connectivity index (χ4n) is 1.70. The monoisotopic (exact) mass is 406 g/mol. The quantitative estimate of drug-likeness (QED) is 0.250. The molecule has 0 rings (SSSR count). The van der Waals surface area contributed by atoms with E-state index in [0.717, 1.165) is 0 Å². The summed E-state index contributed by atoms with van der Waals surface area (Å²) in [5.41, 5.74) is 0. The van der Waals surface area contributed by atoms with E-state index in [9.17, 15) is 9.13 Å². The number of hydrogen-bond donors (Lipinski definition) is 0. The molecule has 0 amide bonds. The number of rotatable bonds is 18. The summed E-state index contributed by atoms with van der Waals surface area (Å²) in [6, 6.07) is 0. The molecule has 0 aromatic heterocycles. The Morgan fingerprint density at radius 2 is 0.800 bits per heavy atom. The summed E-state index contributed by atoms with van der Waals surface area (Å²) in [5, 5.41) is 0. The normalized spacial score (nSPS) is 12.6. The van der Waals surface area contributed by atoms with Gasteiger partial charge in [-0.3, -0.25) is 9.13 Å². The molecule has 0 aliphatic rings. The topological polar surface area (TPSA) is 98.8 Å². The van der Waals surface area contributed by atoms with Gasteiger partial charge in [0.05, 0.1) is 52.9 Å². The third-order valence-electron chi connectivity index (χ3n) is 2.55. The van der Waals surface area contributed by atoms with E-state index in [2.05, 4.69) is 0 Å². The van der Waals surface area contributed by atoms with Crippen LogP contribution in [0.5, 0.6) is 0 Å². The Balaban J connectivity index is 3.73. The fourth-order valence-corrected chi connectivity index (χ4v) is 4.43. The van der Waals surface area contributed by atoms with E-state index in [-0.39, 0.29) is 25.9 Å². The van der Waals surface area contributed by atoms with Crippen molar-refractivity contribution in [2.24, 2.45) is 0 Å². The van der Waals surface area contributed by atoms with E-state index in [4.69, 9.17) is 32.3 Å². The molecule has 11 heteroatoms. The average molecular weight is 406 g/mol. The number of ether oxygens (including phenoxy) is 3. The van der Waals surface area contributed by atoms with Crippen LogP contribution in [0.4, 0.5) is 0 Å². The molecule has 0 heterocycles. The van der Waals surface area contributed by atoms with Crippen LogP contribution < -0.4 is 0 Å². The van der Waals surface area contributed by atoms with Crippen molar-refractivity contribution < 1.29 is 41.4 Å².